The third-order valence-corrected chi connectivity index (χ3v) is 3.95. The normalized spacial score (nSPS) is 14.2. The molecule has 0 radical (unpaired) electrons. The first kappa shape index (κ1) is 22.3. The van der Waals surface area contributed by atoms with Crippen molar-refractivity contribution in [3.8, 4) is 11.5 Å². The highest BCUT2D eigenvalue weighted by atomic mass is 19.4. The van der Waals surface area contributed by atoms with Gasteiger partial charge in [0.1, 0.15) is 13.1 Å². The highest BCUT2D eigenvalue weighted by molar-refractivity contribution is 5.97. The minimum Gasteiger partial charge on any atom is -0.490 e. The molecular weight excluding hydrogens is 395 g/mol. The van der Waals surface area contributed by atoms with Gasteiger partial charge in [0.25, 0.3) is 5.91 Å². The van der Waals surface area contributed by atoms with E-state index in [-0.39, 0.29) is 5.56 Å². The standard InChI is InChI=1S/C18H22F3N3O5/c1-3-28-13-6-5-12(7-14(13)29-4-2)17(27)22-8-15(25)23-9-16(26)24(11-23)10-18(19,20)21/h5-7H,3-4,8-11H2,1-2H3,(H,22,27). The van der Waals surface area contributed by atoms with Crippen LogP contribution in [-0.4, -0.2) is 73.2 Å². The molecule has 1 aliphatic rings. The molecular formula is C18H22F3N3O5. The molecule has 0 aromatic heterocycles. The summed E-state index contributed by atoms with van der Waals surface area (Å²) in [6.45, 7) is 1.56. The quantitative estimate of drug-likeness (QED) is 0.691. The molecule has 11 heteroatoms. The monoisotopic (exact) mass is 417 g/mol. The number of benzene rings is 1. The van der Waals surface area contributed by atoms with E-state index in [9.17, 15) is 27.6 Å². The summed E-state index contributed by atoms with van der Waals surface area (Å²) in [7, 11) is 0. The lowest BCUT2D eigenvalue weighted by molar-refractivity contribution is -0.157. The molecule has 1 aromatic carbocycles. The first-order valence-electron chi connectivity index (χ1n) is 8.94. The van der Waals surface area contributed by atoms with Gasteiger partial charge < -0.3 is 24.6 Å². The summed E-state index contributed by atoms with van der Waals surface area (Å²) in [6, 6.07) is 4.54. The van der Waals surface area contributed by atoms with Gasteiger partial charge in [-0.2, -0.15) is 13.2 Å². The molecule has 1 N–H and O–H groups in total. The Labute approximate surface area is 165 Å². The molecule has 0 spiro atoms. The first-order chi connectivity index (χ1) is 13.6. The number of alkyl halides is 3. The maximum atomic E-state index is 12.4. The summed E-state index contributed by atoms with van der Waals surface area (Å²) in [6.07, 6.45) is -4.55. The molecule has 0 aliphatic carbocycles. The predicted octanol–water partition coefficient (Wildman–Crippen LogP) is 1.40. The minimum absolute atomic E-state index is 0.223. The van der Waals surface area contributed by atoms with Gasteiger partial charge >= 0.3 is 6.18 Å². The van der Waals surface area contributed by atoms with Crippen molar-refractivity contribution >= 4 is 17.7 Å². The zero-order chi connectivity index (χ0) is 21.6. The summed E-state index contributed by atoms with van der Waals surface area (Å²) in [4.78, 5) is 37.6. The largest absolute Gasteiger partial charge is 0.490 e. The van der Waals surface area contributed by atoms with Gasteiger partial charge in [-0.3, -0.25) is 14.4 Å². The van der Waals surface area contributed by atoms with Gasteiger partial charge in [0.2, 0.25) is 11.8 Å². The SMILES string of the molecule is CCOc1ccc(C(=O)NCC(=O)N2CC(=O)N(CC(F)(F)F)C2)cc1OCC. The molecule has 1 fully saturated rings. The molecule has 0 saturated carbocycles. The van der Waals surface area contributed by atoms with Crippen LogP contribution in [0.25, 0.3) is 0 Å². The number of ether oxygens (including phenoxy) is 2. The summed E-state index contributed by atoms with van der Waals surface area (Å²) >= 11 is 0. The van der Waals surface area contributed by atoms with Crippen LogP contribution in [0.15, 0.2) is 18.2 Å². The summed E-state index contributed by atoms with van der Waals surface area (Å²) < 4.78 is 48.2. The molecule has 1 aromatic rings. The van der Waals surface area contributed by atoms with E-state index in [2.05, 4.69) is 5.32 Å². The number of nitrogens with one attached hydrogen (secondary N) is 1. The van der Waals surface area contributed by atoms with Gasteiger partial charge in [0.15, 0.2) is 11.5 Å². The minimum atomic E-state index is -4.55. The molecule has 2 rings (SSSR count). The van der Waals surface area contributed by atoms with Crippen molar-refractivity contribution < 1.29 is 37.0 Å². The Bertz CT molecular complexity index is 770. The maximum absolute atomic E-state index is 12.4. The van der Waals surface area contributed by atoms with Crippen molar-refractivity contribution in [3.05, 3.63) is 23.8 Å². The summed E-state index contributed by atoms with van der Waals surface area (Å²) in [5, 5.41) is 2.40. The third-order valence-electron chi connectivity index (χ3n) is 3.95. The smallest absolute Gasteiger partial charge is 0.406 e. The molecule has 1 aliphatic heterocycles. The lowest BCUT2D eigenvalue weighted by Crippen LogP contribution is -2.41. The van der Waals surface area contributed by atoms with Gasteiger partial charge in [0.05, 0.1) is 26.4 Å². The number of hydrogen-bond donors (Lipinski definition) is 1. The molecule has 3 amide bonds. The van der Waals surface area contributed by atoms with Gasteiger partial charge in [-0.25, -0.2) is 0 Å². The molecule has 1 saturated heterocycles. The van der Waals surface area contributed by atoms with E-state index in [0.29, 0.717) is 29.6 Å². The Hall–Kier alpha value is -2.98. The molecule has 0 atom stereocenters. The van der Waals surface area contributed by atoms with Crippen LogP contribution in [0.3, 0.4) is 0 Å². The van der Waals surface area contributed by atoms with Crippen LogP contribution in [0, 0.1) is 0 Å². The van der Waals surface area contributed by atoms with Crippen LogP contribution < -0.4 is 14.8 Å². The second-order valence-corrected chi connectivity index (χ2v) is 6.15. The number of halogens is 3. The van der Waals surface area contributed by atoms with E-state index in [1.807, 2.05) is 0 Å². The second-order valence-electron chi connectivity index (χ2n) is 6.15. The second kappa shape index (κ2) is 9.48. The van der Waals surface area contributed by atoms with Gasteiger partial charge in [-0.05, 0) is 32.0 Å². The first-order valence-corrected chi connectivity index (χ1v) is 8.94. The number of hydrogen-bond acceptors (Lipinski definition) is 5. The molecule has 8 nitrogen and oxygen atoms in total. The topological polar surface area (TPSA) is 88.2 Å². The molecule has 0 unspecified atom stereocenters. The van der Waals surface area contributed by atoms with Crippen LogP contribution in [0.1, 0.15) is 24.2 Å². The fourth-order valence-electron chi connectivity index (χ4n) is 2.68. The van der Waals surface area contributed by atoms with Crippen LogP contribution in [0.2, 0.25) is 0 Å². The average Bonchev–Trinajstić information content (AvgIpc) is 3.00. The van der Waals surface area contributed by atoms with Crippen LogP contribution in [-0.2, 0) is 9.59 Å². The zero-order valence-corrected chi connectivity index (χ0v) is 16.0. The average molecular weight is 417 g/mol. The fraction of sp³-hybridized carbons (Fsp3) is 0.500. The number of amides is 3. The van der Waals surface area contributed by atoms with Crippen molar-refractivity contribution in [1.29, 1.82) is 0 Å². The van der Waals surface area contributed by atoms with E-state index >= 15 is 0 Å². The van der Waals surface area contributed by atoms with Crippen LogP contribution in [0.5, 0.6) is 11.5 Å². The van der Waals surface area contributed by atoms with Gasteiger partial charge in [-0.15, -0.1) is 0 Å². The predicted molar refractivity (Wildman–Crippen MR) is 95.5 cm³/mol. The van der Waals surface area contributed by atoms with Crippen molar-refractivity contribution in [2.45, 2.75) is 20.0 Å². The van der Waals surface area contributed by atoms with E-state index in [1.54, 1.807) is 19.9 Å². The Morgan fingerprint density at radius 1 is 1.14 bits per heavy atom. The molecule has 160 valence electrons. The van der Waals surface area contributed by atoms with E-state index < -0.39 is 50.2 Å². The maximum Gasteiger partial charge on any atom is 0.406 e. The fourth-order valence-corrected chi connectivity index (χ4v) is 2.68. The van der Waals surface area contributed by atoms with Crippen LogP contribution in [0.4, 0.5) is 13.2 Å². The van der Waals surface area contributed by atoms with E-state index in [4.69, 9.17) is 9.47 Å². The highest BCUT2D eigenvalue weighted by Gasteiger charge is 2.38. The Morgan fingerprint density at radius 2 is 1.79 bits per heavy atom. The van der Waals surface area contributed by atoms with Gasteiger partial charge in [0, 0.05) is 5.56 Å². The Kier molecular flexibility index (Phi) is 7.29. The summed E-state index contributed by atoms with van der Waals surface area (Å²) in [5.41, 5.74) is 0.223. The lowest BCUT2D eigenvalue weighted by atomic mass is 10.2. The van der Waals surface area contributed by atoms with E-state index in [1.165, 1.54) is 12.1 Å². The lowest BCUT2D eigenvalue weighted by Gasteiger charge is -2.19. The third kappa shape index (κ3) is 6.26. The van der Waals surface area contributed by atoms with Crippen LogP contribution >= 0.6 is 0 Å². The number of nitrogens with zero attached hydrogens (tertiary/aromatic N) is 2. The Morgan fingerprint density at radius 3 is 2.41 bits per heavy atom. The van der Waals surface area contributed by atoms with Crippen molar-refractivity contribution in [3.63, 3.8) is 0 Å². The molecule has 0 bridgehead atoms. The van der Waals surface area contributed by atoms with E-state index in [0.717, 1.165) is 4.90 Å². The zero-order valence-electron chi connectivity index (χ0n) is 16.0. The Balaban J connectivity index is 1.94. The highest BCUT2D eigenvalue weighted by Crippen LogP contribution is 2.28. The van der Waals surface area contributed by atoms with Crippen molar-refractivity contribution in [1.82, 2.24) is 15.1 Å². The number of rotatable bonds is 8. The number of carbonyl (C=O) groups is 3. The van der Waals surface area contributed by atoms with Crippen molar-refractivity contribution in [2.24, 2.45) is 0 Å². The summed E-state index contributed by atoms with van der Waals surface area (Å²) in [5.74, 6) is -1.18. The number of carbonyl (C=O) groups excluding carboxylic acids is 3. The van der Waals surface area contributed by atoms with Crippen molar-refractivity contribution in [2.75, 3.05) is 39.5 Å². The van der Waals surface area contributed by atoms with Gasteiger partial charge in [-0.1, -0.05) is 0 Å². The molecule has 1 heterocycles. The molecule has 29 heavy (non-hydrogen) atoms.